The minimum atomic E-state index is -0.710. The lowest BCUT2D eigenvalue weighted by molar-refractivity contribution is -0.127. The third-order valence-corrected chi connectivity index (χ3v) is 4.12. The van der Waals surface area contributed by atoms with Crippen LogP contribution >= 0.6 is 11.6 Å². The molecule has 0 radical (unpaired) electrons. The second-order valence-electron chi connectivity index (χ2n) is 5.36. The van der Waals surface area contributed by atoms with Gasteiger partial charge in [-0.2, -0.15) is 0 Å². The molecule has 0 heterocycles. The maximum Gasteiger partial charge on any atom is 0.240 e. The number of hydrogen-bond donors (Lipinski definition) is 2. The first-order valence-electron chi connectivity index (χ1n) is 6.95. The molecule has 1 aliphatic rings. The molecule has 1 aromatic rings. The van der Waals surface area contributed by atoms with E-state index in [2.05, 4.69) is 5.32 Å². The largest absolute Gasteiger partial charge is 0.496 e. The van der Waals surface area contributed by atoms with Crippen LogP contribution < -0.4 is 15.8 Å². The second-order valence-corrected chi connectivity index (χ2v) is 5.79. The van der Waals surface area contributed by atoms with Gasteiger partial charge in [0, 0.05) is 17.1 Å². The molecule has 2 rings (SSSR count). The van der Waals surface area contributed by atoms with Gasteiger partial charge < -0.3 is 15.8 Å². The first-order chi connectivity index (χ1) is 9.55. The zero-order valence-corrected chi connectivity index (χ0v) is 12.5. The number of carbonyl (C=O) groups is 1. The molecule has 0 saturated heterocycles. The first kappa shape index (κ1) is 15.1. The van der Waals surface area contributed by atoms with Crippen molar-refractivity contribution in [1.29, 1.82) is 0 Å². The monoisotopic (exact) mass is 296 g/mol. The summed E-state index contributed by atoms with van der Waals surface area (Å²) in [5.41, 5.74) is 6.38. The van der Waals surface area contributed by atoms with Crippen LogP contribution in [0.15, 0.2) is 18.2 Å². The van der Waals surface area contributed by atoms with Crippen LogP contribution in [-0.2, 0) is 11.3 Å². The molecule has 110 valence electrons. The van der Waals surface area contributed by atoms with E-state index in [-0.39, 0.29) is 5.91 Å². The summed E-state index contributed by atoms with van der Waals surface area (Å²) in [7, 11) is 1.59. The first-order valence-corrected chi connectivity index (χ1v) is 7.32. The van der Waals surface area contributed by atoms with Gasteiger partial charge in [-0.25, -0.2) is 0 Å². The molecule has 3 N–H and O–H groups in total. The predicted octanol–water partition coefficient (Wildman–Crippen LogP) is 2.63. The average molecular weight is 297 g/mol. The molecule has 0 atom stereocenters. The van der Waals surface area contributed by atoms with E-state index in [1.165, 1.54) is 0 Å². The Morgan fingerprint density at radius 1 is 1.40 bits per heavy atom. The Hall–Kier alpha value is -1.26. The summed E-state index contributed by atoms with van der Waals surface area (Å²) in [5.74, 6) is 0.599. The zero-order chi connectivity index (χ0) is 14.6. The molecule has 1 saturated carbocycles. The molecular weight excluding hydrogens is 276 g/mol. The number of benzene rings is 1. The number of nitrogens with one attached hydrogen (secondary N) is 1. The standard InChI is InChI=1S/C15H21ClN2O2/c1-20-13-9-12(16)6-5-11(13)10-18-14(19)15(17)7-3-2-4-8-15/h5-6,9H,2-4,7-8,10,17H2,1H3,(H,18,19). The number of ether oxygens (including phenoxy) is 1. The highest BCUT2D eigenvalue weighted by Gasteiger charge is 2.34. The van der Waals surface area contributed by atoms with Crippen molar-refractivity contribution in [2.45, 2.75) is 44.2 Å². The summed E-state index contributed by atoms with van der Waals surface area (Å²) in [6.07, 6.45) is 4.73. The van der Waals surface area contributed by atoms with Gasteiger partial charge in [0.1, 0.15) is 5.75 Å². The van der Waals surface area contributed by atoms with Gasteiger partial charge in [-0.05, 0) is 25.0 Å². The molecule has 0 aromatic heterocycles. The molecule has 0 spiro atoms. The van der Waals surface area contributed by atoms with E-state index in [4.69, 9.17) is 22.1 Å². The lowest BCUT2D eigenvalue weighted by atomic mass is 9.82. The SMILES string of the molecule is COc1cc(Cl)ccc1CNC(=O)C1(N)CCCCC1. The van der Waals surface area contributed by atoms with Crippen LogP contribution in [0, 0.1) is 0 Å². The van der Waals surface area contributed by atoms with E-state index in [1.54, 1.807) is 19.2 Å². The maximum absolute atomic E-state index is 12.3. The highest BCUT2D eigenvalue weighted by molar-refractivity contribution is 6.30. The van der Waals surface area contributed by atoms with Gasteiger partial charge >= 0.3 is 0 Å². The van der Waals surface area contributed by atoms with Crippen LogP contribution in [0.4, 0.5) is 0 Å². The number of nitrogens with two attached hydrogens (primary N) is 1. The molecule has 0 unspecified atom stereocenters. The topological polar surface area (TPSA) is 64.3 Å². The van der Waals surface area contributed by atoms with Gasteiger partial charge in [-0.1, -0.05) is 36.9 Å². The van der Waals surface area contributed by atoms with E-state index in [0.717, 1.165) is 37.7 Å². The quantitative estimate of drug-likeness (QED) is 0.898. The molecule has 1 amide bonds. The Bertz CT molecular complexity index is 485. The van der Waals surface area contributed by atoms with Crippen LogP contribution in [0.3, 0.4) is 0 Å². The summed E-state index contributed by atoms with van der Waals surface area (Å²) in [6, 6.07) is 5.37. The lowest BCUT2D eigenvalue weighted by Crippen LogP contribution is -2.54. The summed E-state index contributed by atoms with van der Waals surface area (Å²) in [5, 5.41) is 3.53. The molecule has 20 heavy (non-hydrogen) atoms. The Kier molecular flexibility index (Phi) is 4.89. The summed E-state index contributed by atoms with van der Waals surface area (Å²) in [4.78, 5) is 12.3. The van der Waals surface area contributed by atoms with Gasteiger partial charge in [0.2, 0.25) is 5.91 Å². The molecule has 1 fully saturated rings. The van der Waals surface area contributed by atoms with Crippen LogP contribution in [0.5, 0.6) is 5.75 Å². The van der Waals surface area contributed by atoms with Crippen molar-refractivity contribution < 1.29 is 9.53 Å². The third-order valence-electron chi connectivity index (χ3n) is 3.89. The summed E-state index contributed by atoms with van der Waals surface area (Å²) in [6.45, 7) is 0.401. The Labute approximate surface area is 124 Å². The Morgan fingerprint density at radius 3 is 2.75 bits per heavy atom. The molecular formula is C15H21ClN2O2. The van der Waals surface area contributed by atoms with Gasteiger partial charge in [-0.3, -0.25) is 4.79 Å². The van der Waals surface area contributed by atoms with E-state index >= 15 is 0 Å². The van der Waals surface area contributed by atoms with Crippen molar-refractivity contribution in [2.24, 2.45) is 5.73 Å². The zero-order valence-electron chi connectivity index (χ0n) is 11.7. The maximum atomic E-state index is 12.3. The van der Waals surface area contributed by atoms with Gasteiger partial charge in [0.05, 0.1) is 12.6 Å². The predicted molar refractivity (Wildman–Crippen MR) is 79.9 cm³/mol. The second kappa shape index (κ2) is 6.46. The number of amides is 1. The van der Waals surface area contributed by atoms with Gasteiger partial charge in [-0.15, -0.1) is 0 Å². The van der Waals surface area contributed by atoms with Crippen LogP contribution in [0.1, 0.15) is 37.7 Å². The van der Waals surface area contributed by atoms with Crippen molar-refractivity contribution in [1.82, 2.24) is 5.32 Å². The fourth-order valence-electron chi connectivity index (χ4n) is 2.63. The molecule has 0 bridgehead atoms. The van der Waals surface area contributed by atoms with Crippen molar-refractivity contribution in [3.8, 4) is 5.75 Å². The van der Waals surface area contributed by atoms with E-state index in [1.807, 2.05) is 6.07 Å². The fraction of sp³-hybridized carbons (Fsp3) is 0.533. The van der Waals surface area contributed by atoms with Crippen molar-refractivity contribution >= 4 is 17.5 Å². The van der Waals surface area contributed by atoms with E-state index in [0.29, 0.717) is 17.3 Å². The van der Waals surface area contributed by atoms with Gasteiger partial charge in [0.15, 0.2) is 0 Å². The minimum Gasteiger partial charge on any atom is -0.496 e. The number of hydrogen-bond acceptors (Lipinski definition) is 3. The van der Waals surface area contributed by atoms with Crippen LogP contribution in [0.2, 0.25) is 5.02 Å². The minimum absolute atomic E-state index is 0.0748. The van der Waals surface area contributed by atoms with Crippen molar-refractivity contribution in [3.63, 3.8) is 0 Å². The molecule has 1 aliphatic carbocycles. The van der Waals surface area contributed by atoms with Crippen molar-refractivity contribution in [3.05, 3.63) is 28.8 Å². The lowest BCUT2D eigenvalue weighted by Gasteiger charge is -2.31. The highest BCUT2D eigenvalue weighted by atomic mass is 35.5. The average Bonchev–Trinajstić information content (AvgIpc) is 2.46. The Morgan fingerprint density at radius 2 is 2.10 bits per heavy atom. The molecule has 1 aromatic carbocycles. The molecule has 0 aliphatic heterocycles. The number of methoxy groups -OCH3 is 1. The molecule has 4 nitrogen and oxygen atoms in total. The van der Waals surface area contributed by atoms with E-state index in [9.17, 15) is 4.79 Å². The fourth-order valence-corrected chi connectivity index (χ4v) is 2.79. The number of carbonyl (C=O) groups excluding carboxylic acids is 1. The normalized spacial score (nSPS) is 17.6. The third kappa shape index (κ3) is 3.44. The van der Waals surface area contributed by atoms with E-state index < -0.39 is 5.54 Å². The smallest absolute Gasteiger partial charge is 0.240 e. The summed E-state index contributed by atoms with van der Waals surface area (Å²) >= 11 is 5.91. The Balaban J connectivity index is 1.99. The summed E-state index contributed by atoms with van der Waals surface area (Å²) < 4.78 is 5.26. The molecule has 5 heteroatoms. The van der Waals surface area contributed by atoms with Crippen LogP contribution in [-0.4, -0.2) is 18.6 Å². The van der Waals surface area contributed by atoms with Gasteiger partial charge in [0.25, 0.3) is 0 Å². The number of halogens is 1. The number of rotatable bonds is 4. The van der Waals surface area contributed by atoms with Crippen molar-refractivity contribution in [2.75, 3.05) is 7.11 Å². The van der Waals surface area contributed by atoms with Crippen LogP contribution in [0.25, 0.3) is 0 Å². The highest BCUT2D eigenvalue weighted by Crippen LogP contribution is 2.27.